The van der Waals surface area contributed by atoms with E-state index in [0.29, 0.717) is 31.6 Å². The number of aromatic nitrogens is 3. The van der Waals surface area contributed by atoms with Crippen LogP contribution < -0.4 is 0 Å². The number of benzene rings is 1. The molecule has 1 aromatic carbocycles. The molecule has 1 amide bonds. The summed E-state index contributed by atoms with van der Waals surface area (Å²) >= 11 is 0. The van der Waals surface area contributed by atoms with Crippen molar-refractivity contribution in [3.63, 3.8) is 0 Å². The van der Waals surface area contributed by atoms with Crippen LogP contribution in [0.4, 0.5) is 0 Å². The van der Waals surface area contributed by atoms with Crippen molar-refractivity contribution in [2.24, 2.45) is 5.92 Å². The second kappa shape index (κ2) is 11.4. The van der Waals surface area contributed by atoms with E-state index in [2.05, 4.69) is 10.3 Å². The summed E-state index contributed by atoms with van der Waals surface area (Å²) in [5, 5.41) is 17.9. The second-order valence-electron chi connectivity index (χ2n) is 9.08. The summed E-state index contributed by atoms with van der Waals surface area (Å²) in [4.78, 5) is 14.8. The molecule has 0 unspecified atom stereocenters. The Morgan fingerprint density at radius 2 is 2.00 bits per heavy atom. The van der Waals surface area contributed by atoms with Crippen LogP contribution in [-0.2, 0) is 32.7 Å². The first-order valence-electron chi connectivity index (χ1n) is 11.6. The maximum Gasteiger partial charge on any atom is 0.242 e. The molecule has 2 heterocycles. The van der Waals surface area contributed by atoms with Gasteiger partial charge in [-0.05, 0) is 32.4 Å². The third kappa shape index (κ3) is 6.41. The molecular weight excluding hydrogens is 458 g/mol. The summed E-state index contributed by atoms with van der Waals surface area (Å²) in [7, 11) is -2.19. The van der Waals surface area contributed by atoms with Gasteiger partial charge in [0.2, 0.25) is 15.9 Å². The number of nitrogens with zero attached hydrogens (tertiary/aromatic N) is 5. The number of aliphatic hydroxyl groups excluding tert-OH is 1. The van der Waals surface area contributed by atoms with Crippen LogP contribution in [0.1, 0.15) is 37.9 Å². The van der Waals surface area contributed by atoms with Crippen LogP contribution in [0, 0.1) is 12.8 Å². The van der Waals surface area contributed by atoms with Gasteiger partial charge in [-0.15, -0.1) is 5.10 Å². The van der Waals surface area contributed by atoms with Crippen LogP contribution in [-0.4, -0.2) is 82.5 Å². The summed E-state index contributed by atoms with van der Waals surface area (Å²) in [5.74, 6) is -0.267. The van der Waals surface area contributed by atoms with E-state index in [4.69, 9.17) is 4.74 Å². The Bertz CT molecular complexity index is 1060. The average Bonchev–Trinajstić information content (AvgIpc) is 3.26. The standard InChI is InChI=1S/C23H35N5O5S/c1-17-7-9-21(10-8-17)34(31,32)26(4)14-22-18(2)12-28(19(3)15-29)23(30)6-5-11-27-13-20(16-33-22)24-25-27/h7-10,13,18-19,22,29H,5-6,11-12,14-16H2,1-4H3/t18-,19+,22-/m0/s1. The first-order valence-corrected chi connectivity index (χ1v) is 13.0. The molecule has 0 spiro atoms. The monoisotopic (exact) mass is 493 g/mol. The second-order valence-corrected chi connectivity index (χ2v) is 11.1. The lowest BCUT2D eigenvalue weighted by Crippen LogP contribution is -2.47. The molecule has 1 aliphatic heterocycles. The fourth-order valence-electron chi connectivity index (χ4n) is 3.93. The molecular formula is C23H35N5O5S. The largest absolute Gasteiger partial charge is 0.394 e. The zero-order valence-electron chi connectivity index (χ0n) is 20.3. The van der Waals surface area contributed by atoms with Crippen LogP contribution in [0.3, 0.4) is 0 Å². The van der Waals surface area contributed by atoms with Gasteiger partial charge in [-0.3, -0.25) is 9.48 Å². The summed E-state index contributed by atoms with van der Waals surface area (Å²) in [6, 6.07) is 6.37. The smallest absolute Gasteiger partial charge is 0.242 e. The van der Waals surface area contributed by atoms with Gasteiger partial charge < -0.3 is 14.7 Å². The van der Waals surface area contributed by atoms with Crippen molar-refractivity contribution in [3.05, 3.63) is 41.7 Å². The van der Waals surface area contributed by atoms with Gasteiger partial charge in [0, 0.05) is 39.0 Å². The Balaban J connectivity index is 1.85. The fourth-order valence-corrected chi connectivity index (χ4v) is 5.12. The molecule has 1 aromatic heterocycles. The predicted molar refractivity (Wildman–Crippen MR) is 126 cm³/mol. The van der Waals surface area contributed by atoms with E-state index in [1.54, 1.807) is 47.0 Å². The third-order valence-corrected chi connectivity index (χ3v) is 8.05. The van der Waals surface area contributed by atoms with Gasteiger partial charge in [-0.1, -0.05) is 29.8 Å². The van der Waals surface area contributed by atoms with Gasteiger partial charge >= 0.3 is 0 Å². The highest BCUT2D eigenvalue weighted by Crippen LogP contribution is 2.21. The first kappa shape index (κ1) is 26.3. The summed E-state index contributed by atoms with van der Waals surface area (Å²) in [6.07, 6.45) is 2.19. The first-order chi connectivity index (χ1) is 16.1. The van der Waals surface area contributed by atoms with Crippen LogP contribution in [0.25, 0.3) is 0 Å². The number of ether oxygens (including phenoxy) is 1. The molecule has 0 radical (unpaired) electrons. The normalized spacial score (nSPS) is 21.6. The molecule has 188 valence electrons. The van der Waals surface area contributed by atoms with E-state index in [-0.39, 0.29) is 42.5 Å². The van der Waals surface area contributed by atoms with E-state index < -0.39 is 16.1 Å². The zero-order valence-corrected chi connectivity index (χ0v) is 21.1. The Morgan fingerprint density at radius 1 is 1.29 bits per heavy atom. The highest BCUT2D eigenvalue weighted by molar-refractivity contribution is 7.89. The van der Waals surface area contributed by atoms with Crippen LogP contribution in [0.5, 0.6) is 0 Å². The minimum Gasteiger partial charge on any atom is -0.394 e. The number of hydrogen-bond acceptors (Lipinski definition) is 7. The third-order valence-electron chi connectivity index (χ3n) is 6.21. The number of carbonyl (C=O) groups excluding carboxylic acids is 1. The maximum atomic E-state index is 13.2. The number of fused-ring (bicyclic) bond motifs is 2. The molecule has 11 heteroatoms. The lowest BCUT2D eigenvalue weighted by atomic mass is 10.0. The van der Waals surface area contributed by atoms with E-state index in [9.17, 15) is 18.3 Å². The highest BCUT2D eigenvalue weighted by Gasteiger charge is 2.31. The fraction of sp³-hybridized carbons (Fsp3) is 0.609. The number of likely N-dealkylation sites (N-methyl/N-ethyl adjacent to an activating group) is 1. The average molecular weight is 494 g/mol. The highest BCUT2D eigenvalue weighted by atomic mass is 32.2. The zero-order chi connectivity index (χ0) is 24.9. The number of amides is 1. The van der Waals surface area contributed by atoms with Gasteiger partial charge in [-0.2, -0.15) is 4.31 Å². The predicted octanol–water partition coefficient (Wildman–Crippen LogP) is 1.43. The van der Waals surface area contributed by atoms with Gasteiger partial charge in [-0.25, -0.2) is 8.42 Å². The van der Waals surface area contributed by atoms with E-state index in [1.165, 1.54) is 11.4 Å². The van der Waals surface area contributed by atoms with Gasteiger partial charge in [0.05, 0.1) is 36.5 Å². The van der Waals surface area contributed by atoms with Crippen LogP contribution in [0.15, 0.2) is 35.4 Å². The number of sulfonamides is 1. The lowest BCUT2D eigenvalue weighted by molar-refractivity contribution is -0.136. The molecule has 2 bridgehead atoms. The van der Waals surface area contributed by atoms with Crippen molar-refractivity contribution in [3.8, 4) is 0 Å². The van der Waals surface area contributed by atoms with Crippen LogP contribution >= 0.6 is 0 Å². The number of hydrogen-bond donors (Lipinski definition) is 1. The van der Waals surface area contributed by atoms with Gasteiger partial charge in [0.25, 0.3) is 0 Å². The number of aliphatic hydroxyl groups is 1. The SMILES string of the molecule is Cc1ccc(S(=O)(=O)N(C)C[C@@H]2OCc3cn(nn3)CCCC(=O)N([C@H](C)CO)C[C@@H]2C)cc1. The van der Waals surface area contributed by atoms with E-state index >= 15 is 0 Å². The number of rotatable bonds is 6. The van der Waals surface area contributed by atoms with Gasteiger partial charge in [0.1, 0.15) is 5.69 Å². The minimum absolute atomic E-state index is 0.0626. The summed E-state index contributed by atoms with van der Waals surface area (Å²) in [6.45, 7) is 6.65. The number of carbonyl (C=O) groups is 1. The molecule has 0 aliphatic carbocycles. The molecule has 3 atom stereocenters. The minimum atomic E-state index is -3.72. The van der Waals surface area contributed by atoms with Gasteiger partial charge in [0.15, 0.2) is 0 Å². The Labute approximate surface area is 201 Å². The van der Waals surface area contributed by atoms with Crippen molar-refractivity contribution in [1.29, 1.82) is 0 Å². The molecule has 3 rings (SSSR count). The van der Waals surface area contributed by atoms with E-state index in [0.717, 1.165) is 5.56 Å². The molecule has 10 nitrogen and oxygen atoms in total. The molecule has 34 heavy (non-hydrogen) atoms. The van der Waals surface area contributed by atoms with Crippen molar-refractivity contribution < 1.29 is 23.1 Å². The van der Waals surface area contributed by atoms with E-state index in [1.807, 2.05) is 13.8 Å². The Morgan fingerprint density at radius 3 is 2.68 bits per heavy atom. The summed E-state index contributed by atoms with van der Waals surface area (Å²) < 4.78 is 35.5. The molecule has 0 fully saturated rings. The topological polar surface area (TPSA) is 118 Å². The molecule has 0 saturated heterocycles. The molecule has 1 N–H and O–H groups in total. The Hall–Kier alpha value is -2.34. The molecule has 0 saturated carbocycles. The Kier molecular flexibility index (Phi) is 8.80. The maximum absolute atomic E-state index is 13.2. The quantitative estimate of drug-likeness (QED) is 0.647. The van der Waals surface area contributed by atoms with Crippen molar-refractivity contribution >= 4 is 15.9 Å². The van der Waals surface area contributed by atoms with Crippen molar-refractivity contribution in [2.45, 2.75) is 63.8 Å². The van der Waals surface area contributed by atoms with Crippen LogP contribution in [0.2, 0.25) is 0 Å². The van der Waals surface area contributed by atoms with Crippen molar-refractivity contribution in [2.75, 3.05) is 26.7 Å². The summed E-state index contributed by atoms with van der Waals surface area (Å²) in [5.41, 5.74) is 1.62. The van der Waals surface area contributed by atoms with Crippen molar-refractivity contribution in [1.82, 2.24) is 24.2 Å². The number of aryl methyl sites for hydroxylation is 2. The molecule has 1 aliphatic rings. The lowest BCUT2D eigenvalue weighted by Gasteiger charge is -2.35. The molecule has 2 aromatic rings.